The molecule has 0 amide bonds. The fourth-order valence-electron chi connectivity index (χ4n) is 3.18. The second-order valence-electron chi connectivity index (χ2n) is 6.73. The van der Waals surface area contributed by atoms with E-state index in [9.17, 15) is 14.5 Å². The molecular weight excluding hydrogens is 260 g/mol. The predicted octanol–water partition coefficient (Wildman–Crippen LogP) is 3.47. The van der Waals surface area contributed by atoms with Gasteiger partial charge in [-0.15, -0.1) is 0 Å². The summed E-state index contributed by atoms with van der Waals surface area (Å²) in [4.78, 5) is 12.3. The first-order valence-corrected chi connectivity index (χ1v) is 8.55. The number of carbonyl (C=O) groups excluding carboxylic acids is 1. The minimum absolute atomic E-state index is 0.0652. The molecule has 4 heteroatoms. The summed E-state index contributed by atoms with van der Waals surface area (Å²) in [6.07, 6.45) is 6.75. The van der Waals surface area contributed by atoms with Gasteiger partial charge in [-0.25, -0.2) is 0 Å². The van der Waals surface area contributed by atoms with Gasteiger partial charge >= 0.3 is 0 Å². The van der Waals surface area contributed by atoms with Crippen molar-refractivity contribution in [3.63, 3.8) is 0 Å². The molecule has 2 aliphatic rings. The third-order valence-electron chi connectivity index (χ3n) is 4.14. The van der Waals surface area contributed by atoms with E-state index >= 15 is 0 Å². The molecule has 1 N–H and O–H groups in total. The maximum atomic E-state index is 12.4. The molecule has 3 nitrogen and oxygen atoms in total. The Labute approximate surface area is 118 Å². The second kappa shape index (κ2) is 5.88. The summed E-state index contributed by atoms with van der Waals surface area (Å²) in [7, 11) is 0. The topological polar surface area (TPSA) is 60.4 Å². The average Bonchev–Trinajstić information content (AvgIpc) is 2.27. The molecule has 0 aromatic heterocycles. The van der Waals surface area contributed by atoms with Gasteiger partial charge in [0.05, 0.1) is 0 Å². The van der Waals surface area contributed by atoms with Crippen molar-refractivity contribution in [2.24, 2.45) is 11.3 Å². The molecule has 1 saturated carbocycles. The van der Waals surface area contributed by atoms with Crippen LogP contribution in [0.4, 0.5) is 0 Å². The largest absolute Gasteiger partial charge is 0.611 e. The van der Waals surface area contributed by atoms with Gasteiger partial charge < -0.3 is 9.66 Å². The molecule has 0 aliphatic heterocycles. The van der Waals surface area contributed by atoms with Crippen LogP contribution >= 0.6 is 0 Å². The Morgan fingerprint density at radius 3 is 2.47 bits per heavy atom. The van der Waals surface area contributed by atoms with Gasteiger partial charge in [0.15, 0.2) is 5.76 Å². The SMILES string of the molecule is CC1(C)CC(=O)C([S+]([O-])CC2CCCCC2)=C(O)C1. The molecule has 0 saturated heterocycles. The molecule has 0 heterocycles. The highest BCUT2D eigenvalue weighted by molar-refractivity contribution is 7.96. The van der Waals surface area contributed by atoms with E-state index in [0.29, 0.717) is 24.5 Å². The van der Waals surface area contributed by atoms with Gasteiger partial charge in [0.25, 0.3) is 0 Å². The lowest BCUT2D eigenvalue weighted by Crippen LogP contribution is -2.31. The van der Waals surface area contributed by atoms with Crippen LogP contribution < -0.4 is 0 Å². The molecule has 1 atom stereocenters. The highest BCUT2D eigenvalue weighted by atomic mass is 32.2. The lowest BCUT2D eigenvalue weighted by Gasteiger charge is -2.30. The Morgan fingerprint density at radius 2 is 1.89 bits per heavy atom. The van der Waals surface area contributed by atoms with E-state index in [4.69, 9.17) is 0 Å². The molecule has 1 unspecified atom stereocenters. The summed E-state index contributed by atoms with van der Waals surface area (Å²) in [5.74, 6) is 0.946. The summed E-state index contributed by atoms with van der Waals surface area (Å²) >= 11 is -1.32. The Balaban J connectivity index is 2.05. The third kappa shape index (κ3) is 3.76. The van der Waals surface area contributed by atoms with Crippen LogP contribution in [0.15, 0.2) is 10.7 Å². The van der Waals surface area contributed by atoms with Crippen molar-refractivity contribution < 1.29 is 14.5 Å². The van der Waals surface area contributed by atoms with Crippen molar-refractivity contribution in [2.45, 2.75) is 58.8 Å². The molecule has 108 valence electrons. The highest BCUT2D eigenvalue weighted by Gasteiger charge is 2.39. The minimum Gasteiger partial charge on any atom is -0.611 e. The summed E-state index contributed by atoms with van der Waals surface area (Å²) in [5.41, 5.74) is -0.209. The summed E-state index contributed by atoms with van der Waals surface area (Å²) in [6.45, 7) is 3.92. The molecule has 19 heavy (non-hydrogen) atoms. The fourth-order valence-corrected chi connectivity index (χ4v) is 4.77. The van der Waals surface area contributed by atoms with E-state index in [1.165, 1.54) is 19.3 Å². The first kappa shape index (κ1) is 14.9. The molecule has 0 bridgehead atoms. The zero-order valence-electron chi connectivity index (χ0n) is 11.9. The molecule has 2 aliphatic carbocycles. The van der Waals surface area contributed by atoms with Gasteiger partial charge in [-0.05, 0) is 29.4 Å². The zero-order valence-corrected chi connectivity index (χ0v) is 12.7. The van der Waals surface area contributed by atoms with E-state index in [1.807, 2.05) is 13.8 Å². The van der Waals surface area contributed by atoms with Crippen LogP contribution in [-0.2, 0) is 16.0 Å². The van der Waals surface area contributed by atoms with E-state index in [-0.39, 0.29) is 21.9 Å². The Bertz CT molecular complexity index is 381. The highest BCUT2D eigenvalue weighted by Crippen LogP contribution is 2.38. The van der Waals surface area contributed by atoms with Crippen LogP contribution in [0.5, 0.6) is 0 Å². The lowest BCUT2D eigenvalue weighted by molar-refractivity contribution is -0.117. The number of allylic oxidation sites excluding steroid dienone is 2. The van der Waals surface area contributed by atoms with Crippen LogP contribution in [0, 0.1) is 11.3 Å². The first-order chi connectivity index (χ1) is 8.89. The third-order valence-corrected chi connectivity index (χ3v) is 5.83. The minimum atomic E-state index is -1.32. The Kier molecular flexibility index (Phi) is 4.62. The smallest absolute Gasteiger partial charge is 0.232 e. The van der Waals surface area contributed by atoms with Gasteiger partial charge in [0.1, 0.15) is 5.75 Å². The van der Waals surface area contributed by atoms with E-state index in [1.54, 1.807) is 0 Å². The van der Waals surface area contributed by atoms with Crippen LogP contribution in [0.1, 0.15) is 58.8 Å². The molecule has 0 radical (unpaired) electrons. The number of Topliss-reactive ketones (excluding diaryl/α,β-unsaturated/α-hetero) is 1. The standard InChI is InChI=1S/C15H24O3S/c1-15(2)8-12(16)14(13(17)9-15)19(18)10-11-6-4-3-5-7-11/h11,16H,3-10H2,1-2H3. The number of hydrogen-bond acceptors (Lipinski definition) is 3. The number of carbonyl (C=O) groups is 1. The quantitative estimate of drug-likeness (QED) is 0.807. The Hall–Kier alpha value is -0.480. The van der Waals surface area contributed by atoms with Gasteiger partial charge in [-0.2, -0.15) is 0 Å². The normalized spacial score (nSPS) is 26.6. The van der Waals surface area contributed by atoms with Gasteiger partial charge in [0, 0.05) is 18.8 Å². The zero-order chi connectivity index (χ0) is 14.0. The maximum absolute atomic E-state index is 12.4. The summed E-state index contributed by atoms with van der Waals surface area (Å²) in [5, 5.41) is 10.0. The molecule has 0 aromatic carbocycles. The molecule has 0 spiro atoms. The number of ketones is 1. The lowest BCUT2D eigenvalue weighted by atomic mass is 9.79. The number of aliphatic hydroxyl groups excluding tert-OH is 1. The van der Waals surface area contributed by atoms with E-state index < -0.39 is 11.2 Å². The van der Waals surface area contributed by atoms with Crippen LogP contribution in [0.2, 0.25) is 0 Å². The fraction of sp³-hybridized carbons (Fsp3) is 0.800. The summed E-state index contributed by atoms with van der Waals surface area (Å²) in [6, 6.07) is 0. The van der Waals surface area contributed by atoms with Gasteiger partial charge in [-0.3, -0.25) is 4.79 Å². The number of hydrogen-bond donors (Lipinski definition) is 1. The van der Waals surface area contributed by atoms with Crippen molar-refractivity contribution in [2.75, 3.05) is 5.75 Å². The first-order valence-electron chi connectivity index (χ1n) is 7.23. The predicted molar refractivity (Wildman–Crippen MR) is 77.3 cm³/mol. The van der Waals surface area contributed by atoms with E-state index in [0.717, 1.165) is 12.8 Å². The van der Waals surface area contributed by atoms with Crippen LogP contribution in [0.25, 0.3) is 0 Å². The van der Waals surface area contributed by atoms with Gasteiger partial charge in [0.2, 0.25) is 10.7 Å². The summed E-state index contributed by atoms with van der Waals surface area (Å²) < 4.78 is 12.4. The molecule has 0 aromatic rings. The molecule has 1 fully saturated rings. The number of rotatable bonds is 3. The molecular formula is C15H24O3S. The van der Waals surface area contributed by atoms with Crippen LogP contribution in [-0.4, -0.2) is 21.2 Å². The molecule has 2 rings (SSSR count). The average molecular weight is 284 g/mol. The van der Waals surface area contributed by atoms with Crippen molar-refractivity contribution in [1.29, 1.82) is 0 Å². The van der Waals surface area contributed by atoms with Crippen molar-refractivity contribution in [3.05, 3.63) is 10.7 Å². The van der Waals surface area contributed by atoms with Gasteiger partial charge in [-0.1, -0.05) is 33.1 Å². The van der Waals surface area contributed by atoms with E-state index in [2.05, 4.69) is 0 Å². The second-order valence-corrected chi connectivity index (χ2v) is 8.17. The Morgan fingerprint density at radius 1 is 1.26 bits per heavy atom. The van der Waals surface area contributed by atoms with Crippen LogP contribution in [0.3, 0.4) is 0 Å². The number of aliphatic hydroxyl groups is 1. The van der Waals surface area contributed by atoms with Crippen molar-refractivity contribution in [1.82, 2.24) is 0 Å². The maximum Gasteiger partial charge on any atom is 0.232 e. The van der Waals surface area contributed by atoms with Crippen molar-refractivity contribution in [3.8, 4) is 0 Å². The monoisotopic (exact) mass is 284 g/mol. The van der Waals surface area contributed by atoms with Crippen molar-refractivity contribution >= 4 is 17.0 Å².